The lowest BCUT2D eigenvalue weighted by molar-refractivity contribution is -0.149. The minimum absolute atomic E-state index is 0.301. The predicted molar refractivity (Wildman–Crippen MR) is 110 cm³/mol. The first-order valence-electron chi connectivity index (χ1n) is 8.92. The summed E-state index contributed by atoms with van der Waals surface area (Å²) >= 11 is 6.17. The summed E-state index contributed by atoms with van der Waals surface area (Å²) < 4.78 is 10.6. The van der Waals surface area contributed by atoms with Crippen LogP contribution in [-0.4, -0.2) is 25.1 Å². The first-order valence-corrected chi connectivity index (χ1v) is 9.29. The maximum atomic E-state index is 12.0. The third-order valence-corrected chi connectivity index (χ3v) is 4.54. The van der Waals surface area contributed by atoms with Crippen LogP contribution in [-0.2, 0) is 20.7 Å². The topological polar surface area (TPSA) is 64.6 Å². The van der Waals surface area contributed by atoms with E-state index in [9.17, 15) is 9.59 Å². The van der Waals surface area contributed by atoms with Crippen LogP contribution in [0.2, 0.25) is 5.02 Å². The van der Waals surface area contributed by atoms with Crippen molar-refractivity contribution in [3.8, 4) is 5.75 Å². The van der Waals surface area contributed by atoms with E-state index in [1.807, 2.05) is 55.5 Å². The molecule has 0 unspecified atom stereocenters. The fourth-order valence-electron chi connectivity index (χ4n) is 2.82. The molecule has 5 nitrogen and oxygen atoms in total. The maximum absolute atomic E-state index is 12.0. The van der Waals surface area contributed by atoms with Crippen LogP contribution >= 0.6 is 11.6 Å². The molecule has 3 rings (SSSR count). The fraction of sp³-hybridized carbons (Fsp3) is 0.182. The van der Waals surface area contributed by atoms with Crippen LogP contribution in [0.25, 0.3) is 10.8 Å². The minimum Gasteiger partial charge on any atom is -0.481 e. The number of ether oxygens (including phenoxy) is 2. The molecule has 3 aromatic rings. The Hall–Kier alpha value is -3.05. The van der Waals surface area contributed by atoms with E-state index in [0.717, 1.165) is 28.4 Å². The van der Waals surface area contributed by atoms with Gasteiger partial charge in [-0.1, -0.05) is 61.0 Å². The maximum Gasteiger partial charge on any atom is 0.344 e. The number of esters is 1. The number of anilines is 1. The number of aryl methyl sites for hydroxylation is 1. The Morgan fingerprint density at radius 1 is 0.929 bits per heavy atom. The van der Waals surface area contributed by atoms with Crippen LogP contribution < -0.4 is 10.1 Å². The monoisotopic (exact) mass is 397 g/mol. The number of nitrogens with one attached hydrogen (secondary N) is 1. The number of halogens is 1. The molecule has 0 spiro atoms. The van der Waals surface area contributed by atoms with Gasteiger partial charge >= 0.3 is 5.97 Å². The summed E-state index contributed by atoms with van der Waals surface area (Å²) in [5, 5.41) is 5.00. The van der Waals surface area contributed by atoms with E-state index in [-0.39, 0.29) is 13.2 Å². The van der Waals surface area contributed by atoms with Gasteiger partial charge in [-0.25, -0.2) is 4.79 Å². The van der Waals surface area contributed by atoms with Gasteiger partial charge in [0.1, 0.15) is 5.75 Å². The van der Waals surface area contributed by atoms with Crippen molar-refractivity contribution < 1.29 is 19.1 Å². The number of benzene rings is 3. The van der Waals surface area contributed by atoms with E-state index in [2.05, 4.69) is 5.32 Å². The van der Waals surface area contributed by atoms with Gasteiger partial charge in [0, 0.05) is 21.5 Å². The summed E-state index contributed by atoms with van der Waals surface area (Å²) in [6, 6.07) is 18.4. The predicted octanol–water partition coefficient (Wildman–Crippen LogP) is 4.62. The van der Waals surface area contributed by atoms with E-state index in [1.165, 1.54) is 0 Å². The van der Waals surface area contributed by atoms with E-state index < -0.39 is 11.9 Å². The van der Waals surface area contributed by atoms with Crippen molar-refractivity contribution >= 4 is 39.9 Å². The average Bonchev–Trinajstić information content (AvgIpc) is 2.72. The number of para-hydroxylation sites is 1. The highest BCUT2D eigenvalue weighted by Gasteiger charge is 2.12. The van der Waals surface area contributed by atoms with Gasteiger partial charge in [-0.2, -0.15) is 0 Å². The third kappa shape index (κ3) is 4.81. The van der Waals surface area contributed by atoms with E-state index in [4.69, 9.17) is 21.1 Å². The van der Waals surface area contributed by atoms with Crippen molar-refractivity contribution in [2.75, 3.05) is 18.5 Å². The Bertz CT molecular complexity index is 1000. The van der Waals surface area contributed by atoms with Crippen molar-refractivity contribution in [3.05, 3.63) is 71.2 Å². The molecule has 28 heavy (non-hydrogen) atoms. The number of rotatable bonds is 7. The molecule has 1 amide bonds. The molecule has 0 saturated carbocycles. The lowest BCUT2D eigenvalue weighted by Crippen LogP contribution is -2.24. The van der Waals surface area contributed by atoms with Crippen molar-refractivity contribution in [2.24, 2.45) is 0 Å². The Balaban J connectivity index is 1.53. The van der Waals surface area contributed by atoms with Crippen LogP contribution in [0.4, 0.5) is 5.69 Å². The minimum atomic E-state index is -0.627. The van der Waals surface area contributed by atoms with Gasteiger partial charge in [0.15, 0.2) is 13.2 Å². The normalized spacial score (nSPS) is 10.5. The van der Waals surface area contributed by atoms with Crippen molar-refractivity contribution in [1.29, 1.82) is 0 Å². The molecule has 0 aliphatic rings. The standard InChI is InChI=1S/C22H20ClNO4/c1-2-15-7-3-6-10-19(15)24-21(25)13-28-22(26)14-27-20-12-11-18(23)16-8-4-5-9-17(16)20/h3-12H,2,13-14H2,1H3,(H,24,25). The molecule has 1 N–H and O–H groups in total. The second-order valence-electron chi connectivity index (χ2n) is 6.10. The molecule has 0 atom stereocenters. The fourth-order valence-corrected chi connectivity index (χ4v) is 3.05. The van der Waals surface area contributed by atoms with Gasteiger partial charge in [-0.05, 0) is 30.2 Å². The molecule has 6 heteroatoms. The van der Waals surface area contributed by atoms with Gasteiger partial charge < -0.3 is 14.8 Å². The molecular formula is C22H20ClNO4. The highest BCUT2D eigenvalue weighted by Crippen LogP contribution is 2.31. The molecule has 0 bridgehead atoms. The Labute approximate surface area is 168 Å². The van der Waals surface area contributed by atoms with Crippen molar-refractivity contribution in [3.63, 3.8) is 0 Å². The molecule has 144 valence electrons. The number of amides is 1. The third-order valence-electron chi connectivity index (χ3n) is 4.21. The molecule has 0 fully saturated rings. The Kier molecular flexibility index (Phi) is 6.50. The van der Waals surface area contributed by atoms with Crippen molar-refractivity contribution in [2.45, 2.75) is 13.3 Å². The summed E-state index contributed by atoms with van der Waals surface area (Å²) in [6.45, 7) is 1.33. The van der Waals surface area contributed by atoms with E-state index in [0.29, 0.717) is 10.8 Å². The highest BCUT2D eigenvalue weighted by molar-refractivity contribution is 6.35. The molecule has 0 heterocycles. The van der Waals surface area contributed by atoms with Gasteiger partial charge in [0.05, 0.1) is 0 Å². The zero-order chi connectivity index (χ0) is 19.9. The number of carbonyl (C=O) groups is 2. The lowest BCUT2D eigenvalue weighted by atomic mass is 10.1. The zero-order valence-electron chi connectivity index (χ0n) is 15.4. The number of fused-ring (bicyclic) bond motifs is 1. The number of hydrogen-bond donors (Lipinski definition) is 1. The largest absolute Gasteiger partial charge is 0.481 e. The molecular weight excluding hydrogens is 378 g/mol. The smallest absolute Gasteiger partial charge is 0.344 e. The number of hydrogen-bond acceptors (Lipinski definition) is 4. The van der Waals surface area contributed by atoms with Crippen molar-refractivity contribution in [1.82, 2.24) is 0 Å². The van der Waals surface area contributed by atoms with Gasteiger partial charge in [0.2, 0.25) is 0 Å². The Morgan fingerprint density at radius 2 is 1.64 bits per heavy atom. The summed E-state index contributed by atoms with van der Waals surface area (Å²) in [7, 11) is 0. The SMILES string of the molecule is CCc1ccccc1NC(=O)COC(=O)COc1ccc(Cl)c2ccccc12. The summed E-state index contributed by atoms with van der Waals surface area (Å²) in [5.74, 6) is -0.498. The molecule has 0 saturated heterocycles. The first-order chi connectivity index (χ1) is 13.6. The summed E-state index contributed by atoms with van der Waals surface area (Å²) in [5.41, 5.74) is 1.73. The number of carbonyl (C=O) groups excluding carboxylic acids is 2. The summed E-state index contributed by atoms with van der Waals surface area (Å²) in [4.78, 5) is 24.0. The van der Waals surface area contributed by atoms with Crippen LogP contribution in [0, 0.1) is 0 Å². The average molecular weight is 398 g/mol. The summed E-state index contributed by atoms with van der Waals surface area (Å²) in [6.07, 6.45) is 0.791. The van der Waals surface area contributed by atoms with Crippen LogP contribution in [0.3, 0.4) is 0 Å². The molecule has 0 radical (unpaired) electrons. The second-order valence-corrected chi connectivity index (χ2v) is 6.51. The van der Waals surface area contributed by atoms with Crippen LogP contribution in [0.5, 0.6) is 5.75 Å². The molecule has 0 aromatic heterocycles. The van der Waals surface area contributed by atoms with Gasteiger partial charge in [0.25, 0.3) is 5.91 Å². The van der Waals surface area contributed by atoms with Gasteiger partial charge in [-0.3, -0.25) is 4.79 Å². The first kappa shape index (κ1) is 19.7. The highest BCUT2D eigenvalue weighted by atomic mass is 35.5. The Morgan fingerprint density at radius 3 is 2.43 bits per heavy atom. The molecule has 0 aliphatic carbocycles. The van der Waals surface area contributed by atoms with Crippen LogP contribution in [0.15, 0.2) is 60.7 Å². The lowest BCUT2D eigenvalue weighted by Gasteiger charge is -2.11. The van der Waals surface area contributed by atoms with Gasteiger partial charge in [-0.15, -0.1) is 0 Å². The molecule has 0 aliphatic heterocycles. The second kappa shape index (κ2) is 9.24. The van der Waals surface area contributed by atoms with E-state index >= 15 is 0 Å². The van der Waals surface area contributed by atoms with E-state index in [1.54, 1.807) is 12.1 Å². The van der Waals surface area contributed by atoms with Crippen LogP contribution in [0.1, 0.15) is 12.5 Å². The quantitative estimate of drug-likeness (QED) is 0.591. The molecule has 3 aromatic carbocycles. The zero-order valence-corrected chi connectivity index (χ0v) is 16.2.